The van der Waals surface area contributed by atoms with E-state index in [1.165, 1.54) is 11.3 Å². The summed E-state index contributed by atoms with van der Waals surface area (Å²) in [5, 5.41) is 22.7. The normalized spacial score (nSPS) is 12.2. The topological polar surface area (TPSA) is 104 Å². The van der Waals surface area contributed by atoms with Crippen LogP contribution in [0, 0.1) is 5.92 Å². The summed E-state index contributed by atoms with van der Waals surface area (Å²) in [6, 6.07) is -0.915. The molecular weight excluding hydrogens is 268 g/mol. The van der Waals surface area contributed by atoms with Crippen LogP contribution in [0.4, 0.5) is 9.93 Å². The first kappa shape index (κ1) is 15.4. The largest absolute Gasteiger partial charge is 0.481 e. The zero-order chi connectivity index (χ0) is 14.4. The molecule has 2 amide bonds. The molecule has 1 aromatic heterocycles. The summed E-state index contributed by atoms with van der Waals surface area (Å²) in [6.07, 6.45) is 0.693. The molecule has 3 N–H and O–H groups in total. The number of hydrogen-bond donors (Lipinski definition) is 3. The third-order valence-electron chi connectivity index (χ3n) is 2.13. The molecule has 1 heterocycles. The van der Waals surface area contributed by atoms with E-state index in [0.29, 0.717) is 11.0 Å². The van der Waals surface area contributed by atoms with Crippen molar-refractivity contribution >= 4 is 28.5 Å². The maximum absolute atomic E-state index is 11.6. The van der Waals surface area contributed by atoms with E-state index in [1.54, 1.807) is 6.92 Å². The molecule has 0 aliphatic carbocycles. The highest BCUT2D eigenvalue weighted by molar-refractivity contribution is 7.15. The van der Waals surface area contributed by atoms with Gasteiger partial charge in [0.05, 0.1) is 6.42 Å². The number of carbonyl (C=O) groups excluding carboxylic acids is 1. The van der Waals surface area contributed by atoms with Crippen LogP contribution in [0.3, 0.4) is 0 Å². The molecule has 0 fully saturated rings. The van der Waals surface area contributed by atoms with Crippen molar-refractivity contribution in [2.45, 2.75) is 39.7 Å². The Morgan fingerprint density at radius 3 is 2.58 bits per heavy atom. The van der Waals surface area contributed by atoms with E-state index in [4.69, 9.17) is 5.11 Å². The van der Waals surface area contributed by atoms with E-state index in [0.717, 1.165) is 11.4 Å². The van der Waals surface area contributed by atoms with Crippen LogP contribution in [-0.4, -0.2) is 33.3 Å². The first-order valence-corrected chi connectivity index (χ1v) is 6.80. The Morgan fingerprint density at radius 2 is 2.00 bits per heavy atom. The predicted molar refractivity (Wildman–Crippen MR) is 72.3 cm³/mol. The summed E-state index contributed by atoms with van der Waals surface area (Å²) >= 11 is 1.32. The SMILES string of the molecule is CC(C)Cc1nnc(NC(=O)NC(C)CC(=O)O)s1. The number of carboxylic acid groups (broad SMARTS) is 1. The summed E-state index contributed by atoms with van der Waals surface area (Å²) in [6.45, 7) is 5.78. The number of aromatic nitrogens is 2. The van der Waals surface area contributed by atoms with Gasteiger partial charge < -0.3 is 10.4 Å². The highest BCUT2D eigenvalue weighted by Crippen LogP contribution is 2.17. The molecule has 0 spiro atoms. The summed E-state index contributed by atoms with van der Waals surface area (Å²) in [7, 11) is 0. The first-order valence-electron chi connectivity index (χ1n) is 5.98. The van der Waals surface area contributed by atoms with Gasteiger partial charge in [-0.15, -0.1) is 10.2 Å². The van der Waals surface area contributed by atoms with Gasteiger partial charge in [0.25, 0.3) is 0 Å². The second-order valence-electron chi connectivity index (χ2n) is 4.70. The number of carboxylic acids is 1. The van der Waals surface area contributed by atoms with E-state index in [1.807, 2.05) is 0 Å². The van der Waals surface area contributed by atoms with E-state index in [2.05, 4.69) is 34.7 Å². The number of amides is 2. The summed E-state index contributed by atoms with van der Waals surface area (Å²) in [4.78, 5) is 22.0. The highest BCUT2D eigenvalue weighted by Gasteiger charge is 2.13. The van der Waals surface area contributed by atoms with Crippen LogP contribution in [0.5, 0.6) is 0 Å². The molecule has 0 saturated carbocycles. The Morgan fingerprint density at radius 1 is 1.32 bits per heavy atom. The Labute approximate surface area is 115 Å². The lowest BCUT2D eigenvalue weighted by Gasteiger charge is -2.10. The van der Waals surface area contributed by atoms with Gasteiger partial charge in [0.1, 0.15) is 5.01 Å². The Balaban J connectivity index is 2.43. The van der Waals surface area contributed by atoms with Crippen molar-refractivity contribution < 1.29 is 14.7 Å². The molecule has 0 aliphatic heterocycles. The van der Waals surface area contributed by atoms with E-state index in [-0.39, 0.29) is 6.42 Å². The van der Waals surface area contributed by atoms with Gasteiger partial charge in [0.15, 0.2) is 0 Å². The predicted octanol–water partition coefficient (Wildman–Crippen LogP) is 1.72. The second-order valence-corrected chi connectivity index (χ2v) is 5.76. The summed E-state index contributed by atoms with van der Waals surface area (Å²) < 4.78 is 0. The van der Waals surface area contributed by atoms with Crippen LogP contribution < -0.4 is 10.6 Å². The maximum atomic E-state index is 11.6. The van der Waals surface area contributed by atoms with Crippen LogP contribution in [0.2, 0.25) is 0 Å². The highest BCUT2D eigenvalue weighted by atomic mass is 32.1. The van der Waals surface area contributed by atoms with Crippen LogP contribution >= 0.6 is 11.3 Å². The number of nitrogens with one attached hydrogen (secondary N) is 2. The molecule has 1 unspecified atom stereocenters. The van der Waals surface area contributed by atoms with Crippen molar-refractivity contribution in [3.05, 3.63) is 5.01 Å². The number of rotatable bonds is 6. The van der Waals surface area contributed by atoms with Crippen LogP contribution in [-0.2, 0) is 11.2 Å². The molecule has 0 aromatic carbocycles. The van der Waals surface area contributed by atoms with Gasteiger partial charge in [-0.2, -0.15) is 0 Å². The number of hydrogen-bond acceptors (Lipinski definition) is 5. The number of carbonyl (C=O) groups is 2. The lowest BCUT2D eigenvalue weighted by molar-refractivity contribution is -0.137. The smallest absolute Gasteiger partial charge is 0.321 e. The van der Waals surface area contributed by atoms with Gasteiger partial charge in [-0.3, -0.25) is 10.1 Å². The second kappa shape index (κ2) is 7.03. The molecule has 1 atom stereocenters. The number of urea groups is 1. The molecule has 0 radical (unpaired) electrons. The molecule has 0 saturated heterocycles. The van der Waals surface area contributed by atoms with Crippen molar-refractivity contribution in [3.63, 3.8) is 0 Å². The van der Waals surface area contributed by atoms with Crippen molar-refractivity contribution in [1.82, 2.24) is 15.5 Å². The molecule has 1 rings (SSSR count). The quantitative estimate of drug-likeness (QED) is 0.738. The lowest BCUT2D eigenvalue weighted by atomic mass is 10.1. The molecule has 106 valence electrons. The van der Waals surface area contributed by atoms with Gasteiger partial charge >= 0.3 is 12.0 Å². The molecule has 8 heteroatoms. The Bertz CT molecular complexity index is 447. The minimum atomic E-state index is -0.956. The fourth-order valence-corrected chi connectivity index (χ4v) is 2.35. The summed E-state index contributed by atoms with van der Waals surface area (Å²) in [5.41, 5.74) is 0. The van der Waals surface area contributed by atoms with Gasteiger partial charge in [-0.05, 0) is 12.8 Å². The van der Waals surface area contributed by atoms with Gasteiger partial charge in [-0.1, -0.05) is 25.2 Å². The fourth-order valence-electron chi connectivity index (χ4n) is 1.41. The zero-order valence-corrected chi connectivity index (χ0v) is 12.0. The molecule has 7 nitrogen and oxygen atoms in total. The molecule has 1 aromatic rings. The lowest BCUT2D eigenvalue weighted by Crippen LogP contribution is -2.37. The average molecular weight is 286 g/mol. The number of anilines is 1. The third kappa shape index (κ3) is 6.14. The number of aliphatic carboxylic acids is 1. The van der Waals surface area contributed by atoms with Crippen molar-refractivity contribution in [1.29, 1.82) is 0 Å². The zero-order valence-electron chi connectivity index (χ0n) is 11.1. The van der Waals surface area contributed by atoms with Crippen molar-refractivity contribution in [2.75, 3.05) is 5.32 Å². The van der Waals surface area contributed by atoms with E-state index >= 15 is 0 Å². The molecule has 0 bridgehead atoms. The van der Waals surface area contributed by atoms with Crippen LogP contribution in [0.15, 0.2) is 0 Å². The standard InChI is InChI=1S/C11H18N4O3S/c1-6(2)4-8-14-15-11(19-8)13-10(18)12-7(3)5-9(16)17/h6-7H,4-5H2,1-3H3,(H,16,17)(H2,12,13,15,18). The number of nitrogens with zero attached hydrogens (tertiary/aromatic N) is 2. The molecule has 0 aliphatic rings. The monoisotopic (exact) mass is 286 g/mol. The third-order valence-corrected chi connectivity index (χ3v) is 2.99. The first-order chi connectivity index (χ1) is 8.86. The Hall–Kier alpha value is -1.70. The van der Waals surface area contributed by atoms with Gasteiger partial charge in [0, 0.05) is 12.5 Å². The van der Waals surface area contributed by atoms with Gasteiger partial charge in [-0.25, -0.2) is 4.79 Å². The maximum Gasteiger partial charge on any atom is 0.321 e. The van der Waals surface area contributed by atoms with Crippen molar-refractivity contribution in [3.8, 4) is 0 Å². The van der Waals surface area contributed by atoms with Gasteiger partial charge in [0.2, 0.25) is 5.13 Å². The van der Waals surface area contributed by atoms with E-state index < -0.39 is 18.0 Å². The Kier molecular flexibility index (Phi) is 5.68. The fraction of sp³-hybridized carbons (Fsp3) is 0.636. The van der Waals surface area contributed by atoms with Crippen molar-refractivity contribution in [2.24, 2.45) is 5.92 Å². The van der Waals surface area contributed by atoms with Crippen LogP contribution in [0.1, 0.15) is 32.2 Å². The average Bonchev–Trinajstić information content (AvgIpc) is 2.62. The van der Waals surface area contributed by atoms with E-state index in [9.17, 15) is 9.59 Å². The minimum absolute atomic E-state index is 0.123. The van der Waals surface area contributed by atoms with Crippen LogP contribution in [0.25, 0.3) is 0 Å². The summed E-state index contributed by atoms with van der Waals surface area (Å²) in [5.74, 6) is -0.479. The minimum Gasteiger partial charge on any atom is -0.481 e. The molecule has 19 heavy (non-hydrogen) atoms. The molecular formula is C11H18N4O3S.